The van der Waals surface area contributed by atoms with E-state index in [-0.39, 0.29) is 24.4 Å². The van der Waals surface area contributed by atoms with Crippen LogP contribution >= 0.6 is 0 Å². The third kappa shape index (κ3) is 3.57. The predicted molar refractivity (Wildman–Crippen MR) is 102 cm³/mol. The lowest BCUT2D eigenvalue weighted by molar-refractivity contribution is -0.142. The summed E-state index contributed by atoms with van der Waals surface area (Å²) in [6.07, 6.45) is -1.34. The van der Waals surface area contributed by atoms with Gasteiger partial charge in [-0.2, -0.15) is 18.3 Å². The van der Waals surface area contributed by atoms with Crippen molar-refractivity contribution < 1.29 is 18.0 Å². The number of hydrogen-bond acceptors (Lipinski definition) is 6. The standard InChI is InChI=1S/C18H21F3N8O/c1-3-12-11(2)29(26-15(12)18(19,20)21)8-13(30)27-4-6-28(7-5-27)17-14-16(23-9-22-14)24-10-25-17/h9-10H,3-8H2,1-2H3,(H,22,23,24,25). The number of piperazine rings is 1. The first kappa shape index (κ1) is 20.1. The summed E-state index contributed by atoms with van der Waals surface area (Å²) in [5.74, 6) is 0.459. The lowest BCUT2D eigenvalue weighted by Crippen LogP contribution is -2.50. The molecule has 1 N–H and O–H groups in total. The average Bonchev–Trinajstić information content (AvgIpc) is 3.32. The van der Waals surface area contributed by atoms with Crippen LogP contribution in [0, 0.1) is 6.92 Å². The Morgan fingerprint density at radius 3 is 2.53 bits per heavy atom. The molecular weight excluding hydrogens is 401 g/mol. The Kier molecular flexibility index (Phi) is 5.08. The molecule has 0 saturated carbocycles. The van der Waals surface area contributed by atoms with Gasteiger partial charge in [-0.15, -0.1) is 0 Å². The van der Waals surface area contributed by atoms with Crippen molar-refractivity contribution in [2.24, 2.45) is 0 Å². The number of anilines is 1. The molecule has 1 amide bonds. The van der Waals surface area contributed by atoms with E-state index in [0.29, 0.717) is 37.5 Å². The van der Waals surface area contributed by atoms with Crippen LogP contribution in [0.4, 0.5) is 19.0 Å². The fourth-order valence-corrected chi connectivity index (χ4v) is 3.78. The molecule has 3 aromatic rings. The molecule has 4 heterocycles. The van der Waals surface area contributed by atoms with Crippen molar-refractivity contribution in [2.75, 3.05) is 31.1 Å². The number of nitrogens with zero attached hydrogens (tertiary/aromatic N) is 7. The van der Waals surface area contributed by atoms with Crippen molar-refractivity contribution in [3.05, 3.63) is 29.6 Å². The summed E-state index contributed by atoms with van der Waals surface area (Å²) < 4.78 is 40.8. The molecule has 9 nitrogen and oxygen atoms in total. The SMILES string of the molecule is CCc1c(C(F)(F)F)nn(CC(=O)N2CCN(c3ncnc4nc[nH]c34)CC2)c1C. The summed E-state index contributed by atoms with van der Waals surface area (Å²) in [6.45, 7) is 4.96. The number of nitrogens with one attached hydrogen (secondary N) is 1. The monoisotopic (exact) mass is 422 g/mol. The van der Waals surface area contributed by atoms with Crippen LogP contribution in [0.2, 0.25) is 0 Å². The van der Waals surface area contributed by atoms with Gasteiger partial charge in [0, 0.05) is 37.4 Å². The van der Waals surface area contributed by atoms with Crippen molar-refractivity contribution in [1.29, 1.82) is 0 Å². The minimum atomic E-state index is -4.54. The molecule has 1 saturated heterocycles. The average molecular weight is 422 g/mol. The zero-order valence-electron chi connectivity index (χ0n) is 16.6. The van der Waals surface area contributed by atoms with Crippen LogP contribution in [0.5, 0.6) is 0 Å². The fraction of sp³-hybridized carbons (Fsp3) is 0.500. The number of carbonyl (C=O) groups is 1. The molecule has 160 valence electrons. The number of amides is 1. The molecule has 1 fully saturated rings. The number of aromatic amines is 1. The van der Waals surface area contributed by atoms with Gasteiger partial charge >= 0.3 is 6.18 Å². The number of halogens is 3. The van der Waals surface area contributed by atoms with E-state index in [1.165, 1.54) is 6.33 Å². The minimum absolute atomic E-state index is 0.132. The van der Waals surface area contributed by atoms with E-state index < -0.39 is 11.9 Å². The molecule has 0 aliphatic carbocycles. The second-order valence-electron chi connectivity index (χ2n) is 7.09. The fourth-order valence-electron chi connectivity index (χ4n) is 3.78. The lowest BCUT2D eigenvalue weighted by atomic mass is 10.1. The van der Waals surface area contributed by atoms with Crippen LogP contribution in [-0.2, 0) is 23.9 Å². The quantitative estimate of drug-likeness (QED) is 0.689. The molecule has 1 aliphatic rings. The van der Waals surface area contributed by atoms with Crippen LogP contribution in [0.3, 0.4) is 0 Å². The van der Waals surface area contributed by atoms with Gasteiger partial charge in [-0.3, -0.25) is 9.48 Å². The molecule has 12 heteroatoms. The molecular formula is C18H21F3N8O. The topological polar surface area (TPSA) is 95.8 Å². The number of hydrogen-bond donors (Lipinski definition) is 1. The summed E-state index contributed by atoms with van der Waals surface area (Å²) in [5, 5.41) is 3.68. The molecule has 0 atom stereocenters. The third-order valence-electron chi connectivity index (χ3n) is 5.37. The number of carbonyl (C=O) groups excluding carboxylic acids is 1. The van der Waals surface area contributed by atoms with Gasteiger partial charge in [-0.1, -0.05) is 6.92 Å². The van der Waals surface area contributed by atoms with Crippen molar-refractivity contribution in [3.8, 4) is 0 Å². The molecule has 0 bridgehead atoms. The van der Waals surface area contributed by atoms with E-state index in [1.54, 1.807) is 25.1 Å². The van der Waals surface area contributed by atoms with Crippen molar-refractivity contribution >= 4 is 22.9 Å². The van der Waals surface area contributed by atoms with Gasteiger partial charge in [0.2, 0.25) is 5.91 Å². The Morgan fingerprint density at radius 2 is 1.90 bits per heavy atom. The van der Waals surface area contributed by atoms with Crippen molar-refractivity contribution in [3.63, 3.8) is 0 Å². The highest BCUT2D eigenvalue weighted by Gasteiger charge is 2.38. The van der Waals surface area contributed by atoms with Crippen LogP contribution in [-0.4, -0.2) is 66.7 Å². The Balaban J connectivity index is 1.44. The van der Waals surface area contributed by atoms with Gasteiger partial charge in [-0.25, -0.2) is 15.0 Å². The molecule has 0 aromatic carbocycles. The maximum absolute atomic E-state index is 13.2. The Bertz CT molecular complexity index is 1070. The second-order valence-corrected chi connectivity index (χ2v) is 7.09. The van der Waals surface area contributed by atoms with E-state index in [0.717, 1.165) is 16.0 Å². The van der Waals surface area contributed by atoms with Gasteiger partial charge in [-0.05, 0) is 13.3 Å². The van der Waals surface area contributed by atoms with Crippen molar-refractivity contribution in [1.82, 2.24) is 34.6 Å². The van der Waals surface area contributed by atoms with Gasteiger partial charge in [0.05, 0.1) is 6.33 Å². The second kappa shape index (κ2) is 7.58. The van der Waals surface area contributed by atoms with Crippen molar-refractivity contribution in [2.45, 2.75) is 33.0 Å². The summed E-state index contributed by atoms with van der Waals surface area (Å²) in [6, 6.07) is 0. The van der Waals surface area contributed by atoms with E-state index >= 15 is 0 Å². The number of H-pyrrole nitrogens is 1. The first-order chi connectivity index (χ1) is 14.3. The summed E-state index contributed by atoms with van der Waals surface area (Å²) >= 11 is 0. The molecule has 0 unspecified atom stereocenters. The van der Waals surface area contributed by atoms with Gasteiger partial charge in [0.15, 0.2) is 17.2 Å². The van der Waals surface area contributed by atoms with Gasteiger partial charge < -0.3 is 14.8 Å². The molecule has 1 aliphatic heterocycles. The Morgan fingerprint density at radius 1 is 1.17 bits per heavy atom. The number of fused-ring (bicyclic) bond motifs is 1. The van der Waals surface area contributed by atoms with Crippen LogP contribution < -0.4 is 4.90 Å². The molecule has 0 radical (unpaired) electrons. The van der Waals surface area contributed by atoms with E-state index in [9.17, 15) is 18.0 Å². The lowest BCUT2D eigenvalue weighted by Gasteiger charge is -2.35. The molecule has 0 spiro atoms. The molecule has 30 heavy (non-hydrogen) atoms. The Labute approximate surface area is 169 Å². The smallest absolute Gasteiger partial charge is 0.351 e. The van der Waals surface area contributed by atoms with Crippen LogP contribution in [0.15, 0.2) is 12.7 Å². The van der Waals surface area contributed by atoms with E-state index in [4.69, 9.17) is 0 Å². The number of alkyl halides is 3. The van der Waals surface area contributed by atoms with E-state index in [2.05, 4.69) is 25.0 Å². The van der Waals surface area contributed by atoms with E-state index in [1.807, 2.05) is 4.90 Å². The first-order valence-electron chi connectivity index (χ1n) is 9.59. The summed E-state index contributed by atoms with van der Waals surface area (Å²) in [5.41, 5.74) is 0.899. The summed E-state index contributed by atoms with van der Waals surface area (Å²) in [7, 11) is 0. The normalized spacial score (nSPS) is 15.2. The molecule has 4 rings (SSSR count). The summed E-state index contributed by atoms with van der Waals surface area (Å²) in [4.78, 5) is 31.9. The predicted octanol–water partition coefficient (Wildman–Crippen LogP) is 1.79. The molecule has 3 aromatic heterocycles. The highest BCUT2D eigenvalue weighted by molar-refractivity contribution is 5.83. The maximum Gasteiger partial charge on any atom is 0.435 e. The number of rotatable bonds is 4. The van der Waals surface area contributed by atoms with Crippen LogP contribution in [0.25, 0.3) is 11.2 Å². The number of imidazole rings is 1. The number of aromatic nitrogens is 6. The first-order valence-corrected chi connectivity index (χ1v) is 9.59. The third-order valence-corrected chi connectivity index (χ3v) is 5.37. The highest BCUT2D eigenvalue weighted by Crippen LogP contribution is 2.32. The van der Waals surface area contributed by atoms with Gasteiger partial charge in [0.1, 0.15) is 18.4 Å². The largest absolute Gasteiger partial charge is 0.435 e. The minimum Gasteiger partial charge on any atom is -0.351 e. The zero-order valence-corrected chi connectivity index (χ0v) is 16.6. The maximum atomic E-state index is 13.2. The highest BCUT2D eigenvalue weighted by atomic mass is 19.4. The van der Waals surface area contributed by atoms with Crippen LogP contribution in [0.1, 0.15) is 23.9 Å². The zero-order chi connectivity index (χ0) is 21.5. The Hall–Kier alpha value is -3.18. The van der Waals surface area contributed by atoms with Gasteiger partial charge in [0.25, 0.3) is 0 Å².